The van der Waals surface area contributed by atoms with Crippen LogP contribution in [0.4, 0.5) is 11.6 Å². The molecule has 0 aliphatic rings. The third-order valence-electron chi connectivity index (χ3n) is 3.30. The number of aromatic nitrogens is 2. The molecular weight excluding hydrogens is 240 g/mol. The van der Waals surface area contributed by atoms with Crippen LogP contribution >= 0.6 is 0 Å². The smallest absolute Gasteiger partial charge is 0.155 e. The first-order chi connectivity index (χ1) is 9.13. The summed E-state index contributed by atoms with van der Waals surface area (Å²) < 4.78 is 5.09. The van der Waals surface area contributed by atoms with Crippen LogP contribution in [0.2, 0.25) is 0 Å². The molecule has 0 radical (unpaired) electrons. The van der Waals surface area contributed by atoms with Crippen molar-refractivity contribution in [2.45, 2.75) is 19.8 Å². The lowest BCUT2D eigenvalue weighted by Gasteiger charge is -2.19. The van der Waals surface area contributed by atoms with Gasteiger partial charge in [-0.15, -0.1) is 0 Å². The molecule has 0 atom stereocenters. The van der Waals surface area contributed by atoms with E-state index in [4.69, 9.17) is 4.42 Å². The Bertz CT molecular complexity index is 502. The van der Waals surface area contributed by atoms with Gasteiger partial charge >= 0.3 is 0 Å². The van der Waals surface area contributed by atoms with Crippen LogP contribution in [0.25, 0.3) is 0 Å². The molecule has 19 heavy (non-hydrogen) atoms. The standard InChI is InChI=1S/C14H22N4O/c1-5-12-13(17(2)3)15-16-14(12)18(4)8-6-11-7-9-19-10-11/h7,9-10H,5-6,8H2,1-4H3,(H,15,16). The second-order valence-electron chi connectivity index (χ2n) is 4.93. The molecule has 1 N–H and O–H groups in total. The van der Waals surface area contributed by atoms with Crippen LogP contribution in [0.5, 0.6) is 0 Å². The van der Waals surface area contributed by atoms with E-state index in [0.29, 0.717) is 0 Å². The van der Waals surface area contributed by atoms with Crippen LogP contribution in [0, 0.1) is 0 Å². The molecular formula is C14H22N4O. The summed E-state index contributed by atoms with van der Waals surface area (Å²) in [4.78, 5) is 4.26. The van der Waals surface area contributed by atoms with Crippen LogP contribution in [0.15, 0.2) is 23.0 Å². The van der Waals surface area contributed by atoms with Crippen molar-refractivity contribution < 1.29 is 4.42 Å². The molecule has 5 nitrogen and oxygen atoms in total. The number of nitrogens with one attached hydrogen (secondary N) is 1. The van der Waals surface area contributed by atoms with Crippen LogP contribution in [0.1, 0.15) is 18.1 Å². The lowest BCUT2D eigenvalue weighted by atomic mass is 10.2. The fraction of sp³-hybridized carbons (Fsp3) is 0.500. The van der Waals surface area contributed by atoms with E-state index in [-0.39, 0.29) is 0 Å². The zero-order chi connectivity index (χ0) is 13.8. The number of rotatable bonds is 6. The molecule has 104 valence electrons. The summed E-state index contributed by atoms with van der Waals surface area (Å²) in [5.41, 5.74) is 2.48. The Labute approximate surface area is 114 Å². The first kappa shape index (κ1) is 13.5. The Morgan fingerprint density at radius 1 is 1.32 bits per heavy atom. The fourth-order valence-corrected chi connectivity index (χ4v) is 2.20. The predicted molar refractivity (Wildman–Crippen MR) is 78.0 cm³/mol. The molecule has 5 heteroatoms. The average molecular weight is 262 g/mol. The predicted octanol–water partition coefficient (Wildman–Crippen LogP) is 2.31. The minimum absolute atomic E-state index is 0.932. The molecule has 2 aromatic heterocycles. The van der Waals surface area contributed by atoms with Gasteiger partial charge in [-0.3, -0.25) is 5.10 Å². The molecule has 2 heterocycles. The summed E-state index contributed by atoms with van der Waals surface area (Å²) in [6, 6.07) is 2.01. The monoisotopic (exact) mass is 262 g/mol. The number of hydrogen-bond donors (Lipinski definition) is 1. The first-order valence-electron chi connectivity index (χ1n) is 6.60. The van der Waals surface area contributed by atoms with Crippen molar-refractivity contribution in [3.63, 3.8) is 0 Å². The second kappa shape index (κ2) is 5.82. The van der Waals surface area contributed by atoms with Crippen molar-refractivity contribution in [2.24, 2.45) is 0 Å². The van der Waals surface area contributed by atoms with Crippen LogP contribution in [-0.2, 0) is 12.8 Å². The average Bonchev–Trinajstić information content (AvgIpc) is 3.04. The van der Waals surface area contributed by atoms with Gasteiger partial charge in [0.2, 0.25) is 0 Å². The molecule has 2 aromatic rings. The Kier molecular flexibility index (Phi) is 4.14. The Morgan fingerprint density at radius 3 is 2.68 bits per heavy atom. The Morgan fingerprint density at radius 2 is 2.11 bits per heavy atom. The number of likely N-dealkylation sites (N-methyl/N-ethyl adjacent to an activating group) is 1. The SMILES string of the molecule is CCc1c(N(C)C)n[nH]c1N(C)CCc1ccoc1. The van der Waals surface area contributed by atoms with Crippen molar-refractivity contribution >= 4 is 11.6 Å². The highest BCUT2D eigenvalue weighted by Gasteiger charge is 2.16. The van der Waals surface area contributed by atoms with Gasteiger partial charge < -0.3 is 14.2 Å². The zero-order valence-electron chi connectivity index (χ0n) is 12.1. The quantitative estimate of drug-likeness (QED) is 0.868. The highest BCUT2D eigenvalue weighted by Crippen LogP contribution is 2.26. The van der Waals surface area contributed by atoms with E-state index < -0.39 is 0 Å². The number of hydrogen-bond acceptors (Lipinski definition) is 4. The summed E-state index contributed by atoms with van der Waals surface area (Å²) >= 11 is 0. The van der Waals surface area contributed by atoms with Crippen LogP contribution < -0.4 is 9.80 Å². The van der Waals surface area contributed by atoms with E-state index in [0.717, 1.165) is 31.0 Å². The maximum absolute atomic E-state index is 5.09. The maximum atomic E-state index is 5.09. The molecule has 0 amide bonds. The van der Waals surface area contributed by atoms with E-state index in [2.05, 4.69) is 29.1 Å². The van der Waals surface area contributed by atoms with Gasteiger partial charge in [0.1, 0.15) is 5.82 Å². The van der Waals surface area contributed by atoms with Crippen molar-refractivity contribution in [3.8, 4) is 0 Å². The third-order valence-corrected chi connectivity index (χ3v) is 3.30. The molecule has 2 rings (SSSR count). The van der Waals surface area contributed by atoms with Gasteiger partial charge in [0.15, 0.2) is 5.82 Å². The van der Waals surface area contributed by atoms with Crippen LogP contribution in [-0.4, -0.2) is 37.9 Å². The van der Waals surface area contributed by atoms with E-state index in [1.165, 1.54) is 11.1 Å². The fourth-order valence-electron chi connectivity index (χ4n) is 2.20. The van der Waals surface area contributed by atoms with Gasteiger partial charge in [0, 0.05) is 33.3 Å². The molecule has 0 fully saturated rings. The van der Waals surface area contributed by atoms with E-state index in [9.17, 15) is 0 Å². The molecule has 0 aliphatic heterocycles. The van der Waals surface area contributed by atoms with E-state index >= 15 is 0 Å². The number of anilines is 2. The largest absolute Gasteiger partial charge is 0.472 e. The van der Waals surface area contributed by atoms with Gasteiger partial charge in [0.25, 0.3) is 0 Å². The van der Waals surface area contributed by atoms with Crippen LogP contribution in [0.3, 0.4) is 0 Å². The Balaban J connectivity index is 2.08. The maximum Gasteiger partial charge on any atom is 0.155 e. The third kappa shape index (κ3) is 2.92. The molecule has 0 spiro atoms. The number of furan rings is 1. The zero-order valence-corrected chi connectivity index (χ0v) is 12.1. The summed E-state index contributed by atoms with van der Waals surface area (Å²) in [7, 11) is 6.13. The molecule has 0 unspecified atom stereocenters. The van der Waals surface area contributed by atoms with Gasteiger partial charge in [-0.2, -0.15) is 5.10 Å². The van der Waals surface area contributed by atoms with Crippen molar-refractivity contribution in [1.82, 2.24) is 10.2 Å². The molecule has 0 saturated carbocycles. The normalized spacial score (nSPS) is 10.7. The van der Waals surface area contributed by atoms with Gasteiger partial charge in [-0.25, -0.2) is 0 Å². The molecule has 0 bridgehead atoms. The Hall–Kier alpha value is -1.91. The summed E-state index contributed by atoms with van der Waals surface area (Å²) in [6.45, 7) is 3.09. The number of H-pyrrole nitrogens is 1. The highest BCUT2D eigenvalue weighted by atomic mass is 16.3. The minimum Gasteiger partial charge on any atom is -0.472 e. The van der Waals surface area contributed by atoms with Gasteiger partial charge in [-0.1, -0.05) is 6.92 Å². The number of nitrogens with zero attached hydrogens (tertiary/aromatic N) is 3. The van der Waals surface area contributed by atoms with E-state index in [1.807, 2.05) is 25.1 Å². The minimum atomic E-state index is 0.932. The van der Waals surface area contributed by atoms with Gasteiger partial charge in [-0.05, 0) is 24.5 Å². The highest BCUT2D eigenvalue weighted by molar-refractivity contribution is 5.60. The van der Waals surface area contributed by atoms with Gasteiger partial charge in [0.05, 0.1) is 12.5 Å². The summed E-state index contributed by atoms with van der Waals surface area (Å²) in [5, 5.41) is 7.54. The first-order valence-corrected chi connectivity index (χ1v) is 6.60. The summed E-state index contributed by atoms with van der Waals surface area (Å²) in [5.74, 6) is 2.13. The molecule has 0 aromatic carbocycles. The van der Waals surface area contributed by atoms with Crippen molar-refractivity contribution in [1.29, 1.82) is 0 Å². The summed E-state index contributed by atoms with van der Waals surface area (Å²) in [6.07, 6.45) is 5.45. The van der Waals surface area contributed by atoms with Crippen molar-refractivity contribution in [3.05, 3.63) is 29.7 Å². The second-order valence-corrected chi connectivity index (χ2v) is 4.93. The lowest BCUT2D eigenvalue weighted by molar-refractivity contribution is 0.563. The number of aromatic amines is 1. The molecule has 0 aliphatic carbocycles. The van der Waals surface area contributed by atoms with Crippen molar-refractivity contribution in [2.75, 3.05) is 37.5 Å². The van der Waals surface area contributed by atoms with E-state index in [1.54, 1.807) is 12.5 Å². The molecule has 0 saturated heterocycles. The topological polar surface area (TPSA) is 48.3 Å². The lowest BCUT2D eigenvalue weighted by Crippen LogP contribution is -2.22.